The van der Waals surface area contributed by atoms with Gasteiger partial charge in [0.1, 0.15) is 5.75 Å². The number of carbonyl (C=O) groups excluding carboxylic acids is 2. The van der Waals surface area contributed by atoms with Crippen molar-refractivity contribution >= 4 is 28.9 Å². The first-order valence-corrected chi connectivity index (χ1v) is 10.2. The van der Waals surface area contributed by atoms with E-state index in [1.807, 2.05) is 53.4 Å². The van der Waals surface area contributed by atoms with Crippen molar-refractivity contribution in [2.45, 2.75) is 25.7 Å². The second-order valence-electron chi connectivity index (χ2n) is 7.79. The van der Waals surface area contributed by atoms with Gasteiger partial charge in [-0.3, -0.25) is 9.59 Å². The number of benzene rings is 2. The standard InChI is InChI=1S/C23H27N3O3/c1-29-21-10-8-19(9-11-21)24-18-4-6-20(7-5-18)25-22(27)16-12-14-26(15-13-16)23(28)17-2-3-17/h4-11,16-17,24H,2-3,12-15H2,1H3,(H,25,27). The van der Waals surface area contributed by atoms with Crippen LogP contribution in [-0.2, 0) is 9.59 Å². The van der Waals surface area contributed by atoms with Gasteiger partial charge < -0.3 is 20.3 Å². The fourth-order valence-corrected chi connectivity index (χ4v) is 3.67. The third-order valence-corrected chi connectivity index (χ3v) is 5.64. The van der Waals surface area contributed by atoms with Crippen molar-refractivity contribution < 1.29 is 14.3 Å². The number of rotatable bonds is 6. The summed E-state index contributed by atoms with van der Waals surface area (Å²) in [5.74, 6) is 1.36. The Hall–Kier alpha value is -3.02. The van der Waals surface area contributed by atoms with Gasteiger partial charge in [-0.1, -0.05) is 0 Å². The molecule has 0 aromatic heterocycles. The van der Waals surface area contributed by atoms with E-state index in [-0.39, 0.29) is 23.7 Å². The van der Waals surface area contributed by atoms with Crippen molar-refractivity contribution in [1.82, 2.24) is 4.90 Å². The van der Waals surface area contributed by atoms with Gasteiger partial charge in [-0.15, -0.1) is 0 Å². The maximum absolute atomic E-state index is 12.6. The molecule has 0 unspecified atom stereocenters. The number of methoxy groups -OCH3 is 1. The molecule has 2 aromatic rings. The Kier molecular flexibility index (Phi) is 5.69. The highest BCUT2D eigenvalue weighted by atomic mass is 16.5. The van der Waals surface area contributed by atoms with Crippen LogP contribution in [0.2, 0.25) is 0 Å². The van der Waals surface area contributed by atoms with E-state index in [0.29, 0.717) is 13.1 Å². The first-order chi connectivity index (χ1) is 14.1. The lowest BCUT2D eigenvalue weighted by atomic mass is 9.95. The van der Waals surface area contributed by atoms with Crippen molar-refractivity contribution in [2.75, 3.05) is 30.8 Å². The Morgan fingerprint density at radius 1 is 0.828 bits per heavy atom. The van der Waals surface area contributed by atoms with Crippen LogP contribution >= 0.6 is 0 Å². The molecule has 0 radical (unpaired) electrons. The molecule has 6 nitrogen and oxygen atoms in total. The first-order valence-electron chi connectivity index (χ1n) is 10.2. The molecule has 6 heteroatoms. The van der Waals surface area contributed by atoms with Crippen LogP contribution in [0.3, 0.4) is 0 Å². The number of carbonyl (C=O) groups is 2. The summed E-state index contributed by atoms with van der Waals surface area (Å²) < 4.78 is 5.17. The molecule has 4 rings (SSSR count). The number of piperidine rings is 1. The van der Waals surface area contributed by atoms with Crippen LogP contribution in [0.15, 0.2) is 48.5 Å². The van der Waals surface area contributed by atoms with Crippen LogP contribution in [0, 0.1) is 11.8 Å². The molecule has 0 atom stereocenters. The number of nitrogens with one attached hydrogen (secondary N) is 2. The molecule has 152 valence electrons. The van der Waals surface area contributed by atoms with Crippen LogP contribution in [0.1, 0.15) is 25.7 Å². The highest BCUT2D eigenvalue weighted by Crippen LogP contribution is 2.32. The van der Waals surface area contributed by atoms with Crippen LogP contribution < -0.4 is 15.4 Å². The number of hydrogen-bond acceptors (Lipinski definition) is 4. The monoisotopic (exact) mass is 393 g/mol. The lowest BCUT2D eigenvalue weighted by molar-refractivity contribution is -0.135. The molecule has 1 aliphatic heterocycles. The van der Waals surface area contributed by atoms with Crippen molar-refractivity contribution in [1.29, 1.82) is 0 Å². The summed E-state index contributed by atoms with van der Waals surface area (Å²) in [7, 11) is 1.65. The number of nitrogens with zero attached hydrogens (tertiary/aromatic N) is 1. The van der Waals surface area contributed by atoms with Crippen molar-refractivity contribution in [3.8, 4) is 5.75 Å². The van der Waals surface area contributed by atoms with Crippen LogP contribution in [0.4, 0.5) is 17.1 Å². The Bertz CT molecular complexity index is 852. The summed E-state index contributed by atoms with van der Waals surface area (Å²) in [6.45, 7) is 1.39. The molecular formula is C23H27N3O3. The molecule has 1 saturated carbocycles. The highest BCUT2D eigenvalue weighted by molar-refractivity contribution is 5.93. The number of likely N-dealkylation sites (tertiary alicyclic amines) is 1. The molecule has 1 heterocycles. The zero-order valence-corrected chi connectivity index (χ0v) is 16.7. The summed E-state index contributed by atoms with van der Waals surface area (Å²) in [5.41, 5.74) is 2.70. The summed E-state index contributed by atoms with van der Waals surface area (Å²) in [4.78, 5) is 26.7. The van der Waals surface area contributed by atoms with Gasteiger partial charge >= 0.3 is 0 Å². The molecule has 2 aliphatic rings. The van der Waals surface area contributed by atoms with E-state index in [2.05, 4.69) is 10.6 Å². The average molecular weight is 393 g/mol. The highest BCUT2D eigenvalue weighted by Gasteiger charge is 2.35. The normalized spacial score (nSPS) is 16.9. The number of hydrogen-bond donors (Lipinski definition) is 2. The number of ether oxygens (including phenoxy) is 1. The molecule has 29 heavy (non-hydrogen) atoms. The van der Waals surface area contributed by atoms with Gasteiger partial charge in [0.2, 0.25) is 11.8 Å². The molecule has 2 amide bonds. The second kappa shape index (κ2) is 8.55. The minimum atomic E-state index is -0.0321. The van der Waals surface area contributed by atoms with E-state index < -0.39 is 0 Å². The third-order valence-electron chi connectivity index (χ3n) is 5.64. The Balaban J connectivity index is 1.27. The van der Waals surface area contributed by atoms with E-state index >= 15 is 0 Å². The van der Waals surface area contributed by atoms with E-state index in [0.717, 1.165) is 48.5 Å². The van der Waals surface area contributed by atoms with Gasteiger partial charge in [-0.2, -0.15) is 0 Å². The van der Waals surface area contributed by atoms with Gasteiger partial charge in [0.15, 0.2) is 0 Å². The SMILES string of the molecule is COc1ccc(Nc2ccc(NC(=O)C3CCN(C(=O)C4CC4)CC3)cc2)cc1. The van der Waals surface area contributed by atoms with Gasteiger partial charge in [-0.25, -0.2) is 0 Å². The molecular weight excluding hydrogens is 366 g/mol. The van der Waals surface area contributed by atoms with Gasteiger partial charge in [0, 0.05) is 42.0 Å². The number of amides is 2. The molecule has 2 aromatic carbocycles. The van der Waals surface area contributed by atoms with Gasteiger partial charge in [-0.05, 0) is 74.2 Å². The topological polar surface area (TPSA) is 70.7 Å². The minimum Gasteiger partial charge on any atom is -0.497 e. The summed E-state index contributed by atoms with van der Waals surface area (Å²) in [6, 6.07) is 15.4. The van der Waals surface area contributed by atoms with E-state index in [9.17, 15) is 9.59 Å². The van der Waals surface area contributed by atoms with E-state index in [4.69, 9.17) is 4.74 Å². The zero-order chi connectivity index (χ0) is 20.2. The van der Waals surface area contributed by atoms with Crippen LogP contribution in [0.25, 0.3) is 0 Å². The summed E-state index contributed by atoms with van der Waals surface area (Å²) in [6.07, 6.45) is 3.54. The zero-order valence-electron chi connectivity index (χ0n) is 16.7. The Labute approximate surface area is 171 Å². The Morgan fingerprint density at radius 2 is 1.38 bits per heavy atom. The molecule has 1 saturated heterocycles. The number of anilines is 3. The predicted octanol–water partition coefficient (Wildman–Crippen LogP) is 4.03. The van der Waals surface area contributed by atoms with Crippen molar-refractivity contribution in [2.24, 2.45) is 11.8 Å². The van der Waals surface area contributed by atoms with Crippen LogP contribution in [-0.4, -0.2) is 36.9 Å². The average Bonchev–Trinajstić information content (AvgIpc) is 3.61. The lowest BCUT2D eigenvalue weighted by Gasteiger charge is -2.31. The summed E-state index contributed by atoms with van der Waals surface area (Å²) in [5, 5.41) is 6.33. The summed E-state index contributed by atoms with van der Waals surface area (Å²) >= 11 is 0. The maximum atomic E-state index is 12.6. The van der Waals surface area contributed by atoms with E-state index in [1.165, 1.54) is 0 Å². The molecule has 2 N–H and O–H groups in total. The molecule has 2 fully saturated rings. The van der Waals surface area contributed by atoms with Crippen molar-refractivity contribution in [3.63, 3.8) is 0 Å². The third kappa shape index (κ3) is 4.88. The minimum absolute atomic E-state index is 0.0321. The molecule has 0 spiro atoms. The molecule has 0 bridgehead atoms. The fraction of sp³-hybridized carbons (Fsp3) is 0.391. The quantitative estimate of drug-likeness (QED) is 0.777. The van der Waals surface area contributed by atoms with E-state index in [1.54, 1.807) is 7.11 Å². The Morgan fingerprint density at radius 3 is 1.93 bits per heavy atom. The second-order valence-corrected chi connectivity index (χ2v) is 7.79. The van der Waals surface area contributed by atoms with Crippen molar-refractivity contribution in [3.05, 3.63) is 48.5 Å². The lowest BCUT2D eigenvalue weighted by Crippen LogP contribution is -2.42. The predicted molar refractivity (Wildman–Crippen MR) is 113 cm³/mol. The van der Waals surface area contributed by atoms with Gasteiger partial charge in [0.05, 0.1) is 7.11 Å². The molecule has 1 aliphatic carbocycles. The van der Waals surface area contributed by atoms with Crippen LogP contribution in [0.5, 0.6) is 5.75 Å². The fourth-order valence-electron chi connectivity index (χ4n) is 3.67. The smallest absolute Gasteiger partial charge is 0.227 e. The first kappa shape index (κ1) is 19.3. The maximum Gasteiger partial charge on any atom is 0.227 e. The largest absolute Gasteiger partial charge is 0.497 e. The van der Waals surface area contributed by atoms with Gasteiger partial charge in [0.25, 0.3) is 0 Å².